The van der Waals surface area contributed by atoms with Crippen LogP contribution in [0.2, 0.25) is 0 Å². The second-order valence-corrected chi connectivity index (χ2v) is 7.07. The van der Waals surface area contributed by atoms with Crippen LogP contribution in [0.3, 0.4) is 0 Å². The Kier molecular flexibility index (Phi) is 5.85. The van der Waals surface area contributed by atoms with E-state index in [1.54, 1.807) is 0 Å². The fourth-order valence-corrected chi connectivity index (χ4v) is 3.79. The molecule has 0 saturated heterocycles. The number of hydrogen-bond acceptors (Lipinski definition) is 3. The van der Waals surface area contributed by atoms with E-state index < -0.39 is 6.10 Å². The zero-order chi connectivity index (χ0) is 16.9. The van der Waals surface area contributed by atoms with Gasteiger partial charge >= 0.3 is 0 Å². The predicted octanol–water partition coefficient (Wildman–Crippen LogP) is 4.27. The van der Waals surface area contributed by atoms with Crippen LogP contribution in [0.4, 0.5) is 0 Å². The molecule has 0 fully saturated rings. The molecule has 0 spiro atoms. The van der Waals surface area contributed by atoms with Gasteiger partial charge in [0.25, 0.3) is 0 Å². The van der Waals surface area contributed by atoms with Crippen molar-refractivity contribution in [1.29, 1.82) is 0 Å². The first kappa shape index (κ1) is 17.4. The van der Waals surface area contributed by atoms with Crippen LogP contribution in [0.5, 0.6) is 0 Å². The Bertz CT molecular complexity index is 677. The van der Waals surface area contributed by atoms with Gasteiger partial charge in [0.15, 0.2) is 0 Å². The maximum atomic E-state index is 10.7. The summed E-state index contributed by atoms with van der Waals surface area (Å²) in [6.45, 7) is 7.18. The zero-order valence-electron chi connectivity index (χ0n) is 15.1. The zero-order valence-corrected chi connectivity index (χ0v) is 15.1. The molecule has 0 amide bonds. The average molecular weight is 326 g/mol. The molecule has 1 aliphatic carbocycles. The lowest BCUT2D eigenvalue weighted by molar-refractivity contribution is 0.113. The number of aliphatic hydroxyl groups excluding tert-OH is 1. The van der Waals surface area contributed by atoms with Gasteiger partial charge in [-0.15, -0.1) is 0 Å². The van der Waals surface area contributed by atoms with E-state index in [-0.39, 0.29) is 0 Å². The summed E-state index contributed by atoms with van der Waals surface area (Å²) in [5.74, 6) is 0. The maximum Gasteiger partial charge on any atom is 0.0917 e. The van der Waals surface area contributed by atoms with Crippen LogP contribution in [0.1, 0.15) is 62.5 Å². The van der Waals surface area contributed by atoms with E-state index in [0.717, 1.165) is 49.9 Å². The number of nitrogens with zero attached hydrogens (tertiary/aromatic N) is 2. The Morgan fingerprint density at radius 2 is 1.83 bits per heavy atom. The van der Waals surface area contributed by atoms with Crippen molar-refractivity contribution >= 4 is 10.9 Å². The highest BCUT2D eigenvalue weighted by molar-refractivity contribution is 5.80. The van der Waals surface area contributed by atoms with Gasteiger partial charge in [0.2, 0.25) is 0 Å². The average Bonchev–Trinajstić information content (AvgIpc) is 2.59. The topological polar surface area (TPSA) is 36.4 Å². The van der Waals surface area contributed by atoms with Crippen LogP contribution in [0, 0.1) is 0 Å². The summed E-state index contributed by atoms with van der Waals surface area (Å²) < 4.78 is 0. The van der Waals surface area contributed by atoms with Crippen LogP contribution >= 0.6 is 0 Å². The molecular weight excluding hydrogens is 296 g/mol. The Labute approximate surface area is 145 Å². The van der Waals surface area contributed by atoms with E-state index in [2.05, 4.69) is 43.0 Å². The fourth-order valence-electron chi connectivity index (χ4n) is 3.79. The number of pyridine rings is 1. The molecule has 1 aliphatic rings. The molecule has 1 aromatic heterocycles. The number of fused-ring (bicyclic) bond motifs is 2. The fraction of sp³-hybridized carbons (Fsp3) is 0.571. The van der Waals surface area contributed by atoms with E-state index in [1.165, 1.54) is 29.5 Å². The van der Waals surface area contributed by atoms with Gasteiger partial charge in [0.1, 0.15) is 0 Å². The third-order valence-corrected chi connectivity index (χ3v) is 5.02. The van der Waals surface area contributed by atoms with Crippen molar-refractivity contribution in [2.75, 3.05) is 19.6 Å². The normalized spacial score (nSPS) is 15.7. The quantitative estimate of drug-likeness (QED) is 0.825. The lowest BCUT2D eigenvalue weighted by Gasteiger charge is -2.24. The number of benzene rings is 1. The first-order valence-corrected chi connectivity index (χ1v) is 9.54. The van der Waals surface area contributed by atoms with Crippen LogP contribution < -0.4 is 0 Å². The molecule has 1 atom stereocenters. The predicted molar refractivity (Wildman–Crippen MR) is 100 cm³/mol. The van der Waals surface area contributed by atoms with Crippen molar-refractivity contribution in [2.24, 2.45) is 0 Å². The van der Waals surface area contributed by atoms with Crippen molar-refractivity contribution in [3.05, 3.63) is 41.1 Å². The third-order valence-electron chi connectivity index (χ3n) is 5.02. The van der Waals surface area contributed by atoms with E-state index in [9.17, 15) is 5.11 Å². The summed E-state index contributed by atoms with van der Waals surface area (Å²) in [7, 11) is 0. The minimum atomic E-state index is -0.440. The SMILES string of the molecule is CCCN(CCC)CC(O)c1ccc2cc3c(nc2c1)CCCC3. The van der Waals surface area contributed by atoms with E-state index >= 15 is 0 Å². The molecule has 1 unspecified atom stereocenters. The Morgan fingerprint density at radius 1 is 1.08 bits per heavy atom. The first-order valence-electron chi connectivity index (χ1n) is 9.54. The molecule has 24 heavy (non-hydrogen) atoms. The molecule has 1 N–H and O–H groups in total. The van der Waals surface area contributed by atoms with Gasteiger partial charge in [-0.1, -0.05) is 26.0 Å². The Hall–Kier alpha value is -1.45. The summed E-state index contributed by atoms with van der Waals surface area (Å²) in [6, 6.07) is 8.58. The minimum Gasteiger partial charge on any atom is -0.387 e. The van der Waals surface area contributed by atoms with E-state index in [0.29, 0.717) is 6.54 Å². The number of aliphatic hydroxyl groups is 1. The molecule has 0 saturated carbocycles. The molecule has 3 nitrogen and oxygen atoms in total. The highest BCUT2D eigenvalue weighted by atomic mass is 16.3. The highest BCUT2D eigenvalue weighted by Crippen LogP contribution is 2.26. The minimum absolute atomic E-state index is 0.440. The molecule has 3 heteroatoms. The van der Waals surface area contributed by atoms with Gasteiger partial charge in [0, 0.05) is 17.6 Å². The monoisotopic (exact) mass is 326 g/mol. The summed E-state index contributed by atoms with van der Waals surface area (Å²) in [5, 5.41) is 11.9. The number of aryl methyl sites for hydroxylation is 2. The largest absolute Gasteiger partial charge is 0.387 e. The van der Waals surface area contributed by atoms with Crippen LogP contribution in [-0.2, 0) is 12.8 Å². The Morgan fingerprint density at radius 3 is 2.58 bits per heavy atom. The summed E-state index contributed by atoms with van der Waals surface area (Å²) in [4.78, 5) is 7.24. The molecule has 130 valence electrons. The van der Waals surface area contributed by atoms with Gasteiger partial charge in [-0.05, 0) is 74.9 Å². The van der Waals surface area contributed by atoms with Crippen molar-refractivity contribution < 1.29 is 5.11 Å². The van der Waals surface area contributed by atoms with E-state index in [1.807, 2.05) is 0 Å². The van der Waals surface area contributed by atoms with E-state index in [4.69, 9.17) is 4.98 Å². The number of aromatic nitrogens is 1. The molecule has 2 aromatic rings. The van der Waals surface area contributed by atoms with Crippen LogP contribution in [0.25, 0.3) is 10.9 Å². The van der Waals surface area contributed by atoms with Gasteiger partial charge in [-0.25, -0.2) is 0 Å². The molecular formula is C21H30N2O. The molecule has 1 aromatic carbocycles. The molecule has 0 aliphatic heterocycles. The Balaban J connectivity index is 1.81. The second kappa shape index (κ2) is 8.09. The second-order valence-electron chi connectivity index (χ2n) is 7.07. The lowest BCUT2D eigenvalue weighted by Crippen LogP contribution is -2.30. The lowest BCUT2D eigenvalue weighted by atomic mass is 9.94. The first-order chi connectivity index (χ1) is 11.7. The molecule has 3 rings (SSSR count). The van der Waals surface area contributed by atoms with Crippen molar-refractivity contribution in [3.8, 4) is 0 Å². The highest BCUT2D eigenvalue weighted by Gasteiger charge is 2.15. The molecule has 0 radical (unpaired) electrons. The smallest absolute Gasteiger partial charge is 0.0917 e. The van der Waals surface area contributed by atoms with Gasteiger partial charge in [-0.2, -0.15) is 0 Å². The van der Waals surface area contributed by atoms with Crippen LogP contribution in [-0.4, -0.2) is 34.6 Å². The molecule has 1 heterocycles. The van der Waals surface area contributed by atoms with Gasteiger partial charge < -0.3 is 10.0 Å². The van der Waals surface area contributed by atoms with Crippen molar-refractivity contribution in [3.63, 3.8) is 0 Å². The summed E-state index contributed by atoms with van der Waals surface area (Å²) in [5.41, 5.74) is 4.70. The third kappa shape index (κ3) is 3.96. The maximum absolute atomic E-state index is 10.7. The van der Waals surface area contributed by atoms with Crippen molar-refractivity contribution in [1.82, 2.24) is 9.88 Å². The number of hydrogen-bond donors (Lipinski definition) is 1. The summed E-state index contributed by atoms with van der Waals surface area (Å²) >= 11 is 0. The van der Waals surface area contributed by atoms with Gasteiger partial charge in [0.05, 0.1) is 11.6 Å². The molecule has 0 bridgehead atoms. The standard InChI is InChI=1S/C21H30N2O/c1-3-11-23(12-4-2)15-21(24)18-10-9-17-13-16-7-5-6-8-19(16)22-20(17)14-18/h9-10,13-14,21,24H,3-8,11-12,15H2,1-2H3. The van der Waals surface area contributed by atoms with Crippen LogP contribution in [0.15, 0.2) is 24.3 Å². The van der Waals surface area contributed by atoms with Gasteiger partial charge in [-0.3, -0.25) is 4.98 Å². The number of rotatable bonds is 7. The summed E-state index contributed by atoms with van der Waals surface area (Å²) in [6.07, 6.45) is 6.59. The van der Waals surface area contributed by atoms with Crippen molar-refractivity contribution in [2.45, 2.75) is 58.5 Å².